The normalized spacial score (nSPS) is 17.1. The average Bonchev–Trinajstić information content (AvgIpc) is 3.11. The molecule has 1 unspecified atom stereocenters. The standard InChI is InChI=1S/C20H22FNO2/c1-24-18-11-7-16(8-12-18)19-3-2-14-22(19)20(23)13-6-15-4-9-17(21)10-5-15/h4-5,7-12,19H,2-3,6,13-14H2,1H3. The number of hydrogen-bond acceptors (Lipinski definition) is 2. The summed E-state index contributed by atoms with van der Waals surface area (Å²) in [6.45, 7) is 0.805. The van der Waals surface area contributed by atoms with Crippen LogP contribution in [-0.4, -0.2) is 24.5 Å². The second-order valence-corrected chi connectivity index (χ2v) is 6.14. The highest BCUT2D eigenvalue weighted by Crippen LogP contribution is 2.33. The summed E-state index contributed by atoms with van der Waals surface area (Å²) >= 11 is 0. The number of hydrogen-bond donors (Lipinski definition) is 0. The van der Waals surface area contributed by atoms with Gasteiger partial charge in [-0.25, -0.2) is 4.39 Å². The van der Waals surface area contributed by atoms with E-state index in [2.05, 4.69) is 0 Å². The summed E-state index contributed by atoms with van der Waals surface area (Å²) in [6, 6.07) is 14.5. The van der Waals surface area contributed by atoms with E-state index in [9.17, 15) is 9.18 Å². The number of aryl methyl sites for hydroxylation is 1. The van der Waals surface area contributed by atoms with E-state index >= 15 is 0 Å². The molecule has 0 radical (unpaired) electrons. The number of amides is 1. The van der Waals surface area contributed by atoms with Crippen molar-refractivity contribution in [2.45, 2.75) is 31.7 Å². The van der Waals surface area contributed by atoms with E-state index in [1.807, 2.05) is 29.2 Å². The van der Waals surface area contributed by atoms with Gasteiger partial charge in [-0.1, -0.05) is 24.3 Å². The Hall–Kier alpha value is -2.36. The molecule has 0 spiro atoms. The van der Waals surface area contributed by atoms with Crippen molar-refractivity contribution in [2.24, 2.45) is 0 Å². The Balaban J connectivity index is 1.63. The van der Waals surface area contributed by atoms with Gasteiger partial charge in [0.15, 0.2) is 0 Å². The summed E-state index contributed by atoms with van der Waals surface area (Å²) in [7, 11) is 1.65. The van der Waals surface area contributed by atoms with Gasteiger partial charge >= 0.3 is 0 Å². The quantitative estimate of drug-likeness (QED) is 0.826. The molecule has 0 N–H and O–H groups in total. The van der Waals surface area contributed by atoms with Crippen molar-refractivity contribution in [1.29, 1.82) is 0 Å². The molecule has 2 aromatic carbocycles. The molecule has 24 heavy (non-hydrogen) atoms. The summed E-state index contributed by atoms with van der Waals surface area (Å²) in [5.74, 6) is 0.743. The molecule has 4 heteroatoms. The molecule has 1 amide bonds. The highest BCUT2D eigenvalue weighted by molar-refractivity contribution is 5.77. The maximum absolute atomic E-state index is 12.9. The van der Waals surface area contributed by atoms with Crippen LogP contribution in [0.25, 0.3) is 0 Å². The predicted molar refractivity (Wildman–Crippen MR) is 91.4 cm³/mol. The zero-order valence-electron chi connectivity index (χ0n) is 13.9. The first-order valence-electron chi connectivity index (χ1n) is 8.35. The second-order valence-electron chi connectivity index (χ2n) is 6.14. The van der Waals surface area contributed by atoms with E-state index < -0.39 is 0 Å². The van der Waals surface area contributed by atoms with E-state index in [0.29, 0.717) is 12.8 Å². The van der Waals surface area contributed by atoms with Crippen LogP contribution in [0.5, 0.6) is 5.75 Å². The molecule has 2 aromatic rings. The van der Waals surface area contributed by atoms with Crippen molar-refractivity contribution < 1.29 is 13.9 Å². The lowest BCUT2D eigenvalue weighted by atomic mass is 10.0. The van der Waals surface area contributed by atoms with Crippen LogP contribution in [0.1, 0.15) is 36.4 Å². The zero-order chi connectivity index (χ0) is 16.9. The molecule has 3 rings (SSSR count). The van der Waals surface area contributed by atoms with E-state index in [-0.39, 0.29) is 17.8 Å². The highest BCUT2D eigenvalue weighted by atomic mass is 19.1. The molecule has 1 heterocycles. The molecular weight excluding hydrogens is 305 g/mol. The minimum atomic E-state index is -0.246. The first kappa shape index (κ1) is 16.5. The molecule has 1 aliphatic heterocycles. The first-order chi connectivity index (χ1) is 11.7. The molecule has 0 saturated carbocycles. The van der Waals surface area contributed by atoms with E-state index in [1.165, 1.54) is 12.1 Å². The summed E-state index contributed by atoms with van der Waals surface area (Å²) in [6.07, 6.45) is 3.12. The van der Waals surface area contributed by atoms with Gasteiger partial charge in [0.25, 0.3) is 0 Å². The van der Waals surface area contributed by atoms with Crippen LogP contribution < -0.4 is 4.74 Å². The molecule has 126 valence electrons. The summed E-state index contributed by atoms with van der Waals surface area (Å²) < 4.78 is 18.1. The smallest absolute Gasteiger partial charge is 0.223 e. The number of carbonyl (C=O) groups is 1. The van der Waals surface area contributed by atoms with Crippen molar-refractivity contribution >= 4 is 5.91 Å². The molecule has 0 aromatic heterocycles. The SMILES string of the molecule is COc1ccc(C2CCCN2C(=O)CCc2ccc(F)cc2)cc1. The summed E-state index contributed by atoms with van der Waals surface area (Å²) in [5.41, 5.74) is 2.15. The van der Waals surface area contributed by atoms with Gasteiger partial charge in [-0.2, -0.15) is 0 Å². The van der Waals surface area contributed by atoms with E-state index in [0.717, 1.165) is 36.3 Å². The Kier molecular flexibility index (Phi) is 5.14. The van der Waals surface area contributed by atoms with Crippen LogP contribution in [0.3, 0.4) is 0 Å². The fourth-order valence-corrected chi connectivity index (χ4v) is 3.28. The maximum Gasteiger partial charge on any atom is 0.223 e. The van der Waals surface area contributed by atoms with Crippen molar-refractivity contribution in [3.63, 3.8) is 0 Å². The Morgan fingerprint density at radius 3 is 2.54 bits per heavy atom. The van der Waals surface area contributed by atoms with Gasteiger partial charge in [-0.3, -0.25) is 4.79 Å². The van der Waals surface area contributed by atoms with E-state index in [1.54, 1.807) is 19.2 Å². The van der Waals surface area contributed by atoms with Gasteiger partial charge in [0.1, 0.15) is 11.6 Å². The number of nitrogens with zero attached hydrogens (tertiary/aromatic N) is 1. The van der Waals surface area contributed by atoms with Crippen LogP contribution >= 0.6 is 0 Å². The molecule has 1 aliphatic rings. The van der Waals surface area contributed by atoms with Gasteiger partial charge in [-0.15, -0.1) is 0 Å². The fourth-order valence-electron chi connectivity index (χ4n) is 3.28. The lowest BCUT2D eigenvalue weighted by Crippen LogP contribution is -2.30. The van der Waals surface area contributed by atoms with Gasteiger partial charge in [0.2, 0.25) is 5.91 Å². The summed E-state index contributed by atoms with van der Waals surface area (Å²) in [5, 5.41) is 0. The summed E-state index contributed by atoms with van der Waals surface area (Å²) in [4.78, 5) is 14.6. The minimum Gasteiger partial charge on any atom is -0.497 e. The third-order valence-electron chi connectivity index (χ3n) is 4.61. The number of benzene rings is 2. The topological polar surface area (TPSA) is 29.5 Å². The van der Waals surface area contributed by atoms with Crippen molar-refractivity contribution in [1.82, 2.24) is 4.90 Å². The van der Waals surface area contributed by atoms with E-state index in [4.69, 9.17) is 4.74 Å². The van der Waals surface area contributed by atoms with Gasteiger partial charge in [-0.05, 0) is 54.7 Å². The molecular formula is C20H22FNO2. The first-order valence-corrected chi connectivity index (χ1v) is 8.35. The number of carbonyl (C=O) groups excluding carboxylic acids is 1. The third kappa shape index (κ3) is 3.75. The van der Waals surface area contributed by atoms with Crippen LogP contribution in [0, 0.1) is 5.82 Å². The number of ether oxygens (including phenoxy) is 1. The van der Waals surface area contributed by atoms with Crippen LogP contribution in [0.4, 0.5) is 4.39 Å². The average molecular weight is 327 g/mol. The third-order valence-corrected chi connectivity index (χ3v) is 4.61. The predicted octanol–water partition coefficient (Wildman–Crippen LogP) is 4.13. The zero-order valence-corrected chi connectivity index (χ0v) is 13.9. The molecule has 1 atom stereocenters. The monoisotopic (exact) mass is 327 g/mol. The highest BCUT2D eigenvalue weighted by Gasteiger charge is 2.29. The second kappa shape index (κ2) is 7.47. The maximum atomic E-state index is 12.9. The molecule has 3 nitrogen and oxygen atoms in total. The number of rotatable bonds is 5. The van der Waals surface area contributed by atoms with Crippen LogP contribution in [0.15, 0.2) is 48.5 Å². The lowest BCUT2D eigenvalue weighted by Gasteiger charge is -2.25. The van der Waals surface area contributed by atoms with Crippen LogP contribution in [-0.2, 0) is 11.2 Å². The van der Waals surface area contributed by atoms with Gasteiger partial charge in [0.05, 0.1) is 13.2 Å². The molecule has 0 bridgehead atoms. The largest absolute Gasteiger partial charge is 0.497 e. The van der Waals surface area contributed by atoms with Crippen molar-refractivity contribution in [3.05, 3.63) is 65.5 Å². The molecule has 1 fully saturated rings. The Morgan fingerprint density at radius 2 is 1.88 bits per heavy atom. The lowest BCUT2D eigenvalue weighted by molar-refractivity contribution is -0.132. The van der Waals surface area contributed by atoms with Crippen molar-refractivity contribution in [3.8, 4) is 5.75 Å². The Morgan fingerprint density at radius 1 is 1.17 bits per heavy atom. The Bertz CT molecular complexity index is 682. The van der Waals surface area contributed by atoms with Crippen LogP contribution in [0.2, 0.25) is 0 Å². The molecule has 1 saturated heterocycles. The van der Waals surface area contributed by atoms with Crippen molar-refractivity contribution in [2.75, 3.05) is 13.7 Å². The Labute approximate surface area is 142 Å². The number of likely N-dealkylation sites (tertiary alicyclic amines) is 1. The minimum absolute atomic E-state index is 0.150. The number of halogens is 1. The van der Waals surface area contributed by atoms with Gasteiger partial charge in [0, 0.05) is 13.0 Å². The fraction of sp³-hybridized carbons (Fsp3) is 0.350. The number of methoxy groups -OCH3 is 1. The molecule has 0 aliphatic carbocycles. The van der Waals surface area contributed by atoms with Gasteiger partial charge < -0.3 is 9.64 Å².